The topological polar surface area (TPSA) is 98.1 Å². The third-order valence-corrected chi connectivity index (χ3v) is 2.32. The largest absolute Gasteiger partial charge is 0.396 e. The van der Waals surface area contributed by atoms with E-state index in [1.165, 1.54) is 0 Å². The first-order valence-corrected chi connectivity index (χ1v) is 5.35. The predicted octanol–water partition coefficient (Wildman–Crippen LogP) is 0.822. The smallest absolute Gasteiger partial charge is 0.244 e. The molecule has 0 radical (unpaired) electrons. The van der Waals surface area contributed by atoms with Gasteiger partial charge in [0.1, 0.15) is 5.69 Å². The van der Waals surface area contributed by atoms with Crippen LogP contribution >= 0.6 is 0 Å². The zero-order chi connectivity index (χ0) is 12.3. The Morgan fingerprint density at radius 3 is 2.94 bits per heavy atom. The van der Waals surface area contributed by atoms with E-state index in [1.54, 1.807) is 6.07 Å². The Labute approximate surface area is 98.5 Å². The van der Waals surface area contributed by atoms with E-state index in [-0.39, 0.29) is 6.61 Å². The lowest BCUT2D eigenvalue weighted by Crippen LogP contribution is -2.12. The van der Waals surface area contributed by atoms with E-state index < -0.39 is 6.04 Å². The maximum Gasteiger partial charge on any atom is 0.244 e. The first-order chi connectivity index (χ1) is 8.20. The van der Waals surface area contributed by atoms with Crippen molar-refractivity contribution < 1.29 is 9.63 Å². The van der Waals surface area contributed by atoms with Gasteiger partial charge in [-0.1, -0.05) is 11.2 Å². The minimum Gasteiger partial charge on any atom is -0.396 e. The second-order valence-electron chi connectivity index (χ2n) is 3.74. The summed E-state index contributed by atoms with van der Waals surface area (Å²) in [5, 5.41) is 12.6. The minimum atomic E-state index is -0.439. The average Bonchev–Trinajstić information content (AvgIpc) is 2.78. The van der Waals surface area contributed by atoms with Crippen LogP contribution in [-0.4, -0.2) is 26.8 Å². The molecule has 0 aliphatic carbocycles. The molecule has 17 heavy (non-hydrogen) atoms. The molecule has 1 unspecified atom stereocenters. The van der Waals surface area contributed by atoms with Crippen LogP contribution in [0.4, 0.5) is 0 Å². The van der Waals surface area contributed by atoms with Crippen molar-refractivity contribution in [3.05, 3.63) is 29.8 Å². The van der Waals surface area contributed by atoms with Gasteiger partial charge in [-0.2, -0.15) is 4.98 Å². The maximum atomic E-state index is 8.78. The summed E-state index contributed by atoms with van der Waals surface area (Å²) in [6.45, 7) is 1.88. The molecule has 6 heteroatoms. The Morgan fingerprint density at radius 1 is 1.41 bits per heavy atom. The molecule has 0 aliphatic rings. The molecular weight excluding hydrogens is 220 g/mol. The molecule has 0 spiro atoms. The van der Waals surface area contributed by atoms with E-state index in [0.717, 1.165) is 5.69 Å². The molecule has 0 saturated heterocycles. The molecule has 0 fully saturated rings. The molecular formula is C11H14N4O2. The molecule has 3 N–H and O–H groups in total. The highest BCUT2D eigenvalue weighted by Gasteiger charge is 2.15. The predicted molar refractivity (Wildman–Crippen MR) is 60.9 cm³/mol. The van der Waals surface area contributed by atoms with Crippen molar-refractivity contribution >= 4 is 0 Å². The zero-order valence-corrected chi connectivity index (χ0v) is 9.50. The van der Waals surface area contributed by atoms with Gasteiger partial charge < -0.3 is 15.4 Å². The fraction of sp³-hybridized carbons (Fsp3) is 0.364. The van der Waals surface area contributed by atoms with Crippen molar-refractivity contribution in [2.45, 2.75) is 19.4 Å². The van der Waals surface area contributed by atoms with Crippen molar-refractivity contribution in [2.75, 3.05) is 6.61 Å². The van der Waals surface area contributed by atoms with Crippen molar-refractivity contribution in [2.24, 2.45) is 5.73 Å². The number of aliphatic hydroxyl groups excluding tert-OH is 1. The SMILES string of the molecule is Cc1cccc(-c2noc(C(N)CCO)n2)n1. The number of nitrogens with two attached hydrogens (primary N) is 1. The Bertz CT molecular complexity index is 498. The molecule has 2 rings (SSSR count). The lowest BCUT2D eigenvalue weighted by molar-refractivity contribution is 0.259. The first kappa shape index (κ1) is 11.7. The maximum absolute atomic E-state index is 8.78. The second kappa shape index (κ2) is 5.03. The Kier molecular flexibility index (Phi) is 3.46. The van der Waals surface area contributed by atoms with Crippen molar-refractivity contribution in [1.82, 2.24) is 15.1 Å². The highest BCUT2D eigenvalue weighted by atomic mass is 16.5. The Balaban J connectivity index is 2.23. The van der Waals surface area contributed by atoms with Gasteiger partial charge in [-0.25, -0.2) is 4.98 Å². The third-order valence-electron chi connectivity index (χ3n) is 2.32. The van der Waals surface area contributed by atoms with Gasteiger partial charge >= 0.3 is 0 Å². The van der Waals surface area contributed by atoms with Gasteiger partial charge in [0, 0.05) is 12.3 Å². The van der Waals surface area contributed by atoms with E-state index in [2.05, 4.69) is 15.1 Å². The summed E-state index contributed by atoms with van der Waals surface area (Å²) in [7, 11) is 0. The molecule has 2 aromatic rings. The Morgan fingerprint density at radius 2 is 2.24 bits per heavy atom. The number of nitrogens with zero attached hydrogens (tertiary/aromatic N) is 3. The van der Waals surface area contributed by atoms with Gasteiger partial charge in [-0.15, -0.1) is 0 Å². The summed E-state index contributed by atoms with van der Waals surface area (Å²) in [4.78, 5) is 8.45. The van der Waals surface area contributed by atoms with Crippen LogP contribution in [0.3, 0.4) is 0 Å². The average molecular weight is 234 g/mol. The standard InChI is InChI=1S/C11H14N4O2/c1-7-3-2-4-9(13-7)10-14-11(17-15-10)8(12)5-6-16/h2-4,8,16H,5-6,12H2,1H3. The molecule has 2 aromatic heterocycles. The lowest BCUT2D eigenvalue weighted by Gasteiger charge is -2.01. The van der Waals surface area contributed by atoms with Crippen LogP contribution in [0.5, 0.6) is 0 Å². The molecule has 0 bridgehead atoms. The summed E-state index contributed by atoms with van der Waals surface area (Å²) >= 11 is 0. The highest BCUT2D eigenvalue weighted by Crippen LogP contribution is 2.17. The summed E-state index contributed by atoms with van der Waals surface area (Å²) in [6, 6.07) is 5.13. The van der Waals surface area contributed by atoms with Gasteiger partial charge in [0.15, 0.2) is 0 Å². The van der Waals surface area contributed by atoms with Crippen LogP contribution in [0.25, 0.3) is 11.5 Å². The van der Waals surface area contributed by atoms with Crippen LogP contribution in [-0.2, 0) is 0 Å². The minimum absolute atomic E-state index is 0.0123. The molecule has 2 heterocycles. The fourth-order valence-corrected chi connectivity index (χ4v) is 1.42. The van der Waals surface area contributed by atoms with E-state index in [9.17, 15) is 0 Å². The molecule has 0 amide bonds. The number of aryl methyl sites for hydroxylation is 1. The summed E-state index contributed by atoms with van der Waals surface area (Å²) < 4.78 is 5.04. The molecule has 90 valence electrons. The monoisotopic (exact) mass is 234 g/mol. The summed E-state index contributed by atoms with van der Waals surface area (Å²) in [5.41, 5.74) is 7.28. The molecule has 0 aliphatic heterocycles. The van der Waals surface area contributed by atoms with E-state index in [4.69, 9.17) is 15.4 Å². The number of hydrogen-bond acceptors (Lipinski definition) is 6. The van der Waals surface area contributed by atoms with E-state index >= 15 is 0 Å². The Hall–Kier alpha value is -1.79. The van der Waals surface area contributed by atoms with Crippen molar-refractivity contribution in [1.29, 1.82) is 0 Å². The van der Waals surface area contributed by atoms with Crippen molar-refractivity contribution in [3.63, 3.8) is 0 Å². The summed E-state index contributed by atoms with van der Waals surface area (Å²) in [6.07, 6.45) is 0.392. The van der Waals surface area contributed by atoms with Crippen LogP contribution in [0.1, 0.15) is 24.0 Å². The summed E-state index contributed by atoms with van der Waals surface area (Å²) in [5.74, 6) is 0.731. The van der Waals surface area contributed by atoms with E-state index in [1.807, 2.05) is 19.1 Å². The number of pyridine rings is 1. The van der Waals surface area contributed by atoms with Gasteiger partial charge in [-0.05, 0) is 25.5 Å². The zero-order valence-electron chi connectivity index (χ0n) is 9.50. The molecule has 1 atom stereocenters. The third kappa shape index (κ3) is 2.66. The van der Waals surface area contributed by atoms with E-state index in [0.29, 0.717) is 23.8 Å². The normalized spacial score (nSPS) is 12.6. The van der Waals surface area contributed by atoms with Gasteiger partial charge in [0.25, 0.3) is 0 Å². The van der Waals surface area contributed by atoms with Gasteiger partial charge in [-0.3, -0.25) is 0 Å². The number of aliphatic hydroxyl groups is 1. The lowest BCUT2D eigenvalue weighted by atomic mass is 10.2. The first-order valence-electron chi connectivity index (χ1n) is 5.35. The van der Waals surface area contributed by atoms with Crippen LogP contribution in [0.2, 0.25) is 0 Å². The fourth-order valence-electron chi connectivity index (χ4n) is 1.42. The van der Waals surface area contributed by atoms with Gasteiger partial charge in [0.2, 0.25) is 11.7 Å². The molecule has 6 nitrogen and oxygen atoms in total. The van der Waals surface area contributed by atoms with Gasteiger partial charge in [0.05, 0.1) is 6.04 Å². The quantitative estimate of drug-likeness (QED) is 0.812. The highest BCUT2D eigenvalue weighted by molar-refractivity contribution is 5.48. The van der Waals surface area contributed by atoms with Crippen LogP contribution < -0.4 is 5.73 Å². The number of aromatic nitrogens is 3. The van der Waals surface area contributed by atoms with Crippen LogP contribution in [0.15, 0.2) is 22.7 Å². The molecule has 0 aromatic carbocycles. The molecule has 0 saturated carbocycles. The second-order valence-corrected chi connectivity index (χ2v) is 3.74. The number of rotatable bonds is 4. The van der Waals surface area contributed by atoms with Crippen molar-refractivity contribution in [3.8, 4) is 11.5 Å². The number of hydrogen-bond donors (Lipinski definition) is 2. The van der Waals surface area contributed by atoms with Crippen LogP contribution in [0, 0.1) is 6.92 Å².